The normalized spacial score (nSPS) is 23.0. The zero-order valence-corrected chi connectivity index (χ0v) is 14.2. The van der Waals surface area contributed by atoms with Crippen molar-refractivity contribution in [3.8, 4) is 0 Å². The Morgan fingerprint density at radius 2 is 1.81 bits per heavy atom. The van der Waals surface area contributed by atoms with Crippen molar-refractivity contribution in [1.29, 1.82) is 0 Å². The molecule has 1 fully saturated rings. The molecule has 21 heavy (non-hydrogen) atoms. The smallest absolute Gasteiger partial charge is 0.310 e. The lowest BCUT2D eigenvalue weighted by molar-refractivity contribution is -0.155. The molecule has 1 N–H and O–H groups in total. The van der Waals surface area contributed by atoms with Gasteiger partial charge in [-0.05, 0) is 43.9 Å². The van der Waals surface area contributed by atoms with Gasteiger partial charge in [0.25, 0.3) is 0 Å². The Labute approximate surface area is 128 Å². The molecule has 4 heteroatoms. The molecule has 122 valence electrons. The number of carbonyl (C=O) groups excluding carboxylic acids is 1. The van der Waals surface area contributed by atoms with Crippen LogP contribution in [0.5, 0.6) is 0 Å². The van der Waals surface area contributed by atoms with Crippen LogP contribution in [0.4, 0.5) is 0 Å². The maximum atomic E-state index is 12.5. The Kier molecular flexibility index (Phi) is 6.24. The highest BCUT2D eigenvalue weighted by molar-refractivity contribution is 5.85. The number of hydrogen-bond acceptors (Lipinski definition) is 2. The predicted molar refractivity (Wildman–Crippen MR) is 84.0 cm³/mol. The van der Waals surface area contributed by atoms with Gasteiger partial charge in [-0.1, -0.05) is 27.7 Å². The van der Waals surface area contributed by atoms with E-state index >= 15 is 0 Å². The minimum absolute atomic E-state index is 0.00185. The molecule has 0 bridgehead atoms. The molecular weight excluding hydrogens is 266 g/mol. The van der Waals surface area contributed by atoms with Crippen molar-refractivity contribution in [3.05, 3.63) is 0 Å². The van der Waals surface area contributed by atoms with Gasteiger partial charge >= 0.3 is 5.97 Å². The molecule has 1 aliphatic rings. The highest BCUT2D eigenvalue weighted by atomic mass is 16.4. The Morgan fingerprint density at radius 1 is 1.19 bits per heavy atom. The zero-order chi connectivity index (χ0) is 16.2. The first-order chi connectivity index (χ1) is 9.68. The van der Waals surface area contributed by atoms with Crippen LogP contribution in [0.2, 0.25) is 0 Å². The zero-order valence-electron chi connectivity index (χ0n) is 14.2. The summed E-state index contributed by atoms with van der Waals surface area (Å²) in [7, 11) is 0. The SMILES string of the molecule is CC(C)C1CCCN(C(=O)CC(C)(C(=O)O)C(C)C)CC1. The maximum Gasteiger partial charge on any atom is 0.310 e. The van der Waals surface area contributed by atoms with E-state index in [-0.39, 0.29) is 18.2 Å². The molecule has 2 atom stereocenters. The average Bonchev–Trinajstić information content (AvgIpc) is 2.63. The number of hydrogen-bond donors (Lipinski definition) is 1. The van der Waals surface area contributed by atoms with E-state index in [1.807, 2.05) is 18.7 Å². The Hall–Kier alpha value is -1.06. The second-order valence-electron chi connectivity index (χ2n) is 7.37. The van der Waals surface area contributed by atoms with Crippen molar-refractivity contribution in [1.82, 2.24) is 4.90 Å². The molecule has 1 amide bonds. The van der Waals surface area contributed by atoms with Crippen LogP contribution in [0.25, 0.3) is 0 Å². The molecule has 0 aromatic heterocycles. The van der Waals surface area contributed by atoms with Crippen LogP contribution in [-0.2, 0) is 9.59 Å². The van der Waals surface area contributed by atoms with Crippen LogP contribution >= 0.6 is 0 Å². The summed E-state index contributed by atoms with van der Waals surface area (Å²) in [6, 6.07) is 0. The van der Waals surface area contributed by atoms with E-state index in [9.17, 15) is 14.7 Å². The fraction of sp³-hybridized carbons (Fsp3) is 0.882. The van der Waals surface area contributed by atoms with E-state index in [0.29, 0.717) is 11.8 Å². The lowest BCUT2D eigenvalue weighted by atomic mass is 9.76. The third kappa shape index (κ3) is 4.45. The first-order valence-corrected chi connectivity index (χ1v) is 8.19. The Balaban J connectivity index is 2.69. The lowest BCUT2D eigenvalue weighted by Gasteiger charge is -2.31. The van der Waals surface area contributed by atoms with Gasteiger partial charge in [0.2, 0.25) is 5.91 Å². The number of carbonyl (C=O) groups is 2. The summed E-state index contributed by atoms with van der Waals surface area (Å²) in [4.78, 5) is 25.9. The monoisotopic (exact) mass is 297 g/mol. The van der Waals surface area contributed by atoms with E-state index in [2.05, 4.69) is 13.8 Å². The van der Waals surface area contributed by atoms with Gasteiger partial charge in [0, 0.05) is 19.5 Å². The second kappa shape index (κ2) is 7.28. The summed E-state index contributed by atoms with van der Waals surface area (Å²) in [5.74, 6) is 0.395. The van der Waals surface area contributed by atoms with E-state index in [0.717, 1.165) is 25.9 Å². The van der Waals surface area contributed by atoms with Crippen LogP contribution < -0.4 is 0 Å². The summed E-state index contributed by atoms with van der Waals surface area (Å²) in [6.45, 7) is 11.5. The van der Waals surface area contributed by atoms with Crippen molar-refractivity contribution in [3.63, 3.8) is 0 Å². The van der Waals surface area contributed by atoms with Gasteiger partial charge < -0.3 is 10.0 Å². The molecule has 0 spiro atoms. The van der Waals surface area contributed by atoms with Crippen LogP contribution in [0.15, 0.2) is 0 Å². The van der Waals surface area contributed by atoms with Gasteiger partial charge in [0.15, 0.2) is 0 Å². The minimum Gasteiger partial charge on any atom is -0.481 e. The van der Waals surface area contributed by atoms with Crippen LogP contribution in [0, 0.1) is 23.2 Å². The maximum absolute atomic E-state index is 12.5. The summed E-state index contributed by atoms with van der Waals surface area (Å²) in [6.07, 6.45) is 3.34. The molecule has 0 saturated carbocycles. The third-order valence-corrected chi connectivity index (χ3v) is 5.35. The quantitative estimate of drug-likeness (QED) is 0.846. The number of nitrogens with zero attached hydrogens (tertiary/aromatic N) is 1. The van der Waals surface area contributed by atoms with Crippen LogP contribution in [-0.4, -0.2) is 35.0 Å². The molecule has 0 radical (unpaired) electrons. The summed E-state index contributed by atoms with van der Waals surface area (Å²) < 4.78 is 0. The standard InChI is InChI=1S/C17H31NO3/c1-12(2)14-7-6-9-18(10-8-14)15(19)11-17(5,13(3)4)16(20)21/h12-14H,6-11H2,1-5H3,(H,20,21). The summed E-state index contributed by atoms with van der Waals surface area (Å²) >= 11 is 0. The molecule has 4 nitrogen and oxygen atoms in total. The molecule has 0 aromatic carbocycles. The third-order valence-electron chi connectivity index (χ3n) is 5.35. The Morgan fingerprint density at radius 3 is 2.29 bits per heavy atom. The van der Waals surface area contributed by atoms with Gasteiger partial charge in [-0.25, -0.2) is 0 Å². The highest BCUT2D eigenvalue weighted by Gasteiger charge is 2.40. The number of likely N-dealkylation sites (tertiary alicyclic amines) is 1. The minimum atomic E-state index is -0.971. The molecule has 2 unspecified atom stereocenters. The van der Waals surface area contributed by atoms with E-state index in [1.165, 1.54) is 6.42 Å². The summed E-state index contributed by atoms with van der Waals surface area (Å²) in [5.41, 5.74) is -0.971. The number of carboxylic acid groups (broad SMARTS) is 1. The van der Waals surface area contributed by atoms with Crippen molar-refractivity contribution in [2.24, 2.45) is 23.2 Å². The largest absolute Gasteiger partial charge is 0.481 e. The Bertz CT molecular complexity index is 378. The van der Waals surface area contributed by atoms with Gasteiger partial charge in [0.1, 0.15) is 0 Å². The van der Waals surface area contributed by atoms with Gasteiger partial charge in [-0.2, -0.15) is 0 Å². The van der Waals surface area contributed by atoms with Gasteiger partial charge in [0.05, 0.1) is 5.41 Å². The number of aliphatic carboxylic acids is 1. The molecule has 1 heterocycles. The molecular formula is C17H31NO3. The predicted octanol–water partition coefficient (Wildman–Crippen LogP) is 3.41. The molecule has 1 saturated heterocycles. The van der Waals surface area contributed by atoms with Crippen molar-refractivity contribution < 1.29 is 14.7 Å². The average molecular weight is 297 g/mol. The van der Waals surface area contributed by atoms with Crippen LogP contribution in [0.3, 0.4) is 0 Å². The van der Waals surface area contributed by atoms with Gasteiger partial charge in [-0.15, -0.1) is 0 Å². The molecule has 0 aromatic rings. The van der Waals surface area contributed by atoms with Crippen molar-refractivity contribution >= 4 is 11.9 Å². The van der Waals surface area contributed by atoms with Gasteiger partial charge in [-0.3, -0.25) is 9.59 Å². The summed E-state index contributed by atoms with van der Waals surface area (Å²) in [5, 5.41) is 9.45. The van der Waals surface area contributed by atoms with E-state index in [4.69, 9.17) is 0 Å². The van der Waals surface area contributed by atoms with Crippen LogP contribution in [0.1, 0.15) is 60.3 Å². The van der Waals surface area contributed by atoms with Crippen molar-refractivity contribution in [2.75, 3.05) is 13.1 Å². The highest BCUT2D eigenvalue weighted by Crippen LogP contribution is 2.33. The van der Waals surface area contributed by atoms with E-state index in [1.54, 1.807) is 6.92 Å². The fourth-order valence-corrected chi connectivity index (χ4v) is 2.99. The first-order valence-electron chi connectivity index (χ1n) is 8.19. The molecule has 1 aliphatic heterocycles. The number of carboxylic acids is 1. The molecule has 0 aliphatic carbocycles. The molecule has 1 rings (SSSR count). The number of amides is 1. The van der Waals surface area contributed by atoms with Crippen molar-refractivity contribution in [2.45, 2.75) is 60.3 Å². The topological polar surface area (TPSA) is 57.6 Å². The lowest BCUT2D eigenvalue weighted by Crippen LogP contribution is -2.41. The second-order valence-corrected chi connectivity index (χ2v) is 7.37. The first kappa shape index (κ1) is 18.0. The number of rotatable bonds is 5. The van der Waals surface area contributed by atoms with E-state index < -0.39 is 11.4 Å². The fourth-order valence-electron chi connectivity index (χ4n) is 2.99.